The van der Waals surface area contributed by atoms with E-state index >= 15 is 8.78 Å². The summed E-state index contributed by atoms with van der Waals surface area (Å²) in [5.74, 6) is -0.785. The molecular weight excluding hydrogens is 793 g/mol. The maximum atomic E-state index is 15.7. The number of benzene rings is 2. The van der Waals surface area contributed by atoms with Crippen LogP contribution in [0.5, 0.6) is 5.88 Å². The molecule has 3 amide bonds. The van der Waals surface area contributed by atoms with E-state index in [1.165, 1.54) is 12.1 Å². The summed E-state index contributed by atoms with van der Waals surface area (Å²) < 4.78 is 36.9. The number of aryl methyl sites for hydroxylation is 1. The Morgan fingerprint density at radius 3 is 2.48 bits per heavy atom. The third-order valence-electron chi connectivity index (χ3n) is 13.1. The predicted octanol–water partition coefficient (Wildman–Crippen LogP) is 5.66. The van der Waals surface area contributed by atoms with Crippen molar-refractivity contribution in [2.24, 2.45) is 0 Å². The summed E-state index contributed by atoms with van der Waals surface area (Å²) in [6.07, 6.45) is 5.51. The molecule has 62 heavy (non-hydrogen) atoms. The van der Waals surface area contributed by atoms with Crippen LogP contribution in [0.1, 0.15) is 59.1 Å². The lowest BCUT2D eigenvalue weighted by molar-refractivity contribution is -0.134. The number of carbonyl (C=O) groups excluding carboxylic acids is 3. The minimum atomic E-state index is -0.522. The van der Waals surface area contributed by atoms with Gasteiger partial charge in [-0.05, 0) is 84.8 Å². The Balaban J connectivity index is 0.779. The number of nitrogens with zero attached hydrogens (tertiary/aromatic N) is 7. The van der Waals surface area contributed by atoms with E-state index in [4.69, 9.17) is 4.74 Å². The summed E-state index contributed by atoms with van der Waals surface area (Å²) >= 11 is 0. The van der Waals surface area contributed by atoms with Gasteiger partial charge in [0, 0.05) is 95.6 Å². The lowest BCUT2D eigenvalue weighted by Gasteiger charge is -2.49. The van der Waals surface area contributed by atoms with E-state index in [1.54, 1.807) is 17.9 Å². The van der Waals surface area contributed by atoms with Crippen LogP contribution in [0.3, 0.4) is 0 Å². The molecule has 4 aromatic rings. The van der Waals surface area contributed by atoms with Gasteiger partial charge in [0.1, 0.15) is 29.7 Å². The lowest BCUT2D eigenvalue weighted by Crippen LogP contribution is -2.63. The molecule has 0 saturated carbocycles. The molecule has 0 bridgehead atoms. The number of aromatic nitrogens is 2. The molecule has 5 aliphatic rings. The Kier molecular flexibility index (Phi) is 11.2. The number of piperidine rings is 1. The average molecular weight is 844 g/mol. The monoisotopic (exact) mass is 843 g/mol. The zero-order valence-corrected chi connectivity index (χ0v) is 35.4. The fourth-order valence-corrected chi connectivity index (χ4v) is 9.59. The second kappa shape index (κ2) is 16.9. The van der Waals surface area contributed by atoms with Crippen LogP contribution in [0.4, 0.5) is 37.3 Å². The first kappa shape index (κ1) is 41.1. The van der Waals surface area contributed by atoms with Gasteiger partial charge in [0.2, 0.25) is 23.6 Å². The molecule has 1 atom stereocenters. The van der Waals surface area contributed by atoms with Crippen molar-refractivity contribution >= 4 is 46.3 Å². The Morgan fingerprint density at radius 1 is 0.935 bits per heavy atom. The van der Waals surface area contributed by atoms with Crippen molar-refractivity contribution in [2.75, 3.05) is 79.0 Å². The van der Waals surface area contributed by atoms with Gasteiger partial charge >= 0.3 is 0 Å². The van der Waals surface area contributed by atoms with E-state index in [-0.39, 0.29) is 41.8 Å². The zero-order chi connectivity index (χ0) is 43.2. The molecule has 3 saturated heterocycles. The number of hydrogen-bond donors (Lipinski definition) is 2. The van der Waals surface area contributed by atoms with E-state index in [9.17, 15) is 14.4 Å². The third kappa shape index (κ3) is 7.98. The quantitative estimate of drug-likeness (QED) is 0.160. The van der Waals surface area contributed by atoms with Crippen molar-refractivity contribution in [3.63, 3.8) is 0 Å². The van der Waals surface area contributed by atoms with Crippen molar-refractivity contribution in [2.45, 2.75) is 65.0 Å². The van der Waals surface area contributed by atoms with Crippen LogP contribution in [0, 0.1) is 25.5 Å². The van der Waals surface area contributed by atoms with Crippen LogP contribution in [0.15, 0.2) is 66.8 Å². The van der Waals surface area contributed by atoms with E-state index in [0.29, 0.717) is 79.8 Å². The van der Waals surface area contributed by atoms with Crippen molar-refractivity contribution in [1.29, 1.82) is 0 Å². The smallest absolute Gasteiger partial charge is 0.238 e. The van der Waals surface area contributed by atoms with Crippen LogP contribution < -0.4 is 30.1 Å². The molecule has 3 fully saturated rings. The molecule has 13 nitrogen and oxygen atoms in total. The first-order valence-electron chi connectivity index (χ1n) is 21.4. The highest BCUT2D eigenvalue weighted by molar-refractivity contribution is 6.01. The van der Waals surface area contributed by atoms with E-state index in [2.05, 4.69) is 47.6 Å². The SMILES string of the molecule is C=C=C(Cc1ccc(Nc2cc3c(cn2)CCN(c2cnc4c(c2C)N(C(C)=O)CCO4)C3)cc1F)N1CCN(C2CN(c3cc(C)c(C4CCC(=O)NC4=O)cc3F)C2)CC1. The molecule has 15 heteroatoms. The maximum Gasteiger partial charge on any atom is 0.238 e. The number of ether oxygens (including phenoxy) is 1. The summed E-state index contributed by atoms with van der Waals surface area (Å²) in [6, 6.07) is 10.8. The van der Waals surface area contributed by atoms with Crippen molar-refractivity contribution < 1.29 is 27.9 Å². The second-order valence-corrected chi connectivity index (χ2v) is 16.9. The van der Waals surface area contributed by atoms with Gasteiger partial charge in [-0.3, -0.25) is 24.6 Å². The van der Waals surface area contributed by atoms with Gasteiger partial charge in [0.15, 0.2) is 0 Å². The molecule has 322 valence electrons. The number of anilines is 5. The Morgan fingerprint density at radius 2 is 1.74 bits per heavy atom. The second-order valence-electron chi connectivity index (χ2n) is 16.9. The number of piperazine rings is 1. The van der Waals surface area contributed by atoms with Crippen molar-refractivity contribution in [3.8, 4) is 5.88 Å². The molecule has 0 aliphatic carbocycles. The van der Waals surface area contributed by atoms with Gasteiger partial charge in [0.05, 0.1) is 35.7 Å². The van der Waals surface area contributed by atoms with Crippen LogP contribution in [0.2, 0.25) is 0 Å². The number of rotatable bonds is 9. The molecule has 2 N–H and O–H groups in total. The van der Waals surface area contributed by atoms with Crippen molar-refractivity contribution in [1.82, 2.24) is 25.1 Å². The van der Waals surface area contributed by atoms with Gasteiger partial charge < -0.3 is 29.7 Å². The maximum absolute atomic E-state index is 15.7. The number of amides is 3. The molecule has 9 rings (SSSR count). The Hall–Kier alpha value is -6.31. The predicted molar refractivity (Wildman–Crippen MR) is 233 cm³/mol. The molecule has 0 spiro atoms. The average Bonchev–Trinajstić information content (AvgIpc) is 3.24. The zero-order valence-electron chi connectivity index (χ0n) is 35.4. The van der Waals surface area contributed by atoms with Crippen molar-refractivity contribution in [3.05, 3.63) is 112 Å². The van der Waals surface area contributed by atoms with Gasteiger partial charge in [-0.1, -0.05) is 12.6 Å². The minimum absolute atomic E-state index is 0.0382. The van der Waals surface area contributed by atoms with Crippen LogP contribution in [-0.2, 0) is 33.8 Å². The van der Waals surface area contributed by atoms with Crippen LogP contribution in [-0.4, -0.2) is 102 Å². The summed E-state index contributed by atoms with van der Waals surface area (Å²) in [5, 5.41) is 5.67. The first-order valence-corrected chi connectivity index (χ1v) is 21.4. The highest BCUT2D eigenvalue weighted by atomic mass is 19.1. The number of fused-ring (bicyclic) bond motifs is 2. The van der Waals surface area contributed by atoms with Gasteiger partial charge in [-0.15, -0.1) is 5.73 Å². The van der Waals surface area contributed by atoms with E-state index < -0.39 is 5.92 Å². The van der Waals surface area contributed by atoms with Crippen LogP contribution >= 0.6 is 0 Å². The Labute approximate surface area is 360 Å². The topological polar surface area (TPSA) is 126 Å². The molecular formula is C47H51F2N9O4. The highest BCUT2D eigenvalue weighted by Gasteiger charge is 2.37. The number of nitrogens with one attached hydrogen (secondary N) is 2. The highest BCUT2D eigenvalue weighted by Crippen LogP contribution is 2.40. The normalized spacial score (nSPS) is 19.2. The fourth-order valence-electron chi connectivity index (χ4n) is 9.59. The molecule has 1 unspecified atom stereocenters. The van der Waals surface area contributed by atoms with Gasteiger partial charge in [-0.25, -0.2) is 18.7 Å². The number of halogens is 2. The number of imide groups is 1. The number of carbonyl (C=O) groups is 3. The van der Waals surface area contributed by atoms with Crippen LogP contribution in [0.25, 0.3) is 0 Å². The number of hydrogen-bond acceptors (Lipinski definition) is 11. The summed E-state index contributed by atoms with van der Waals surface area (Å²) in [7, 11) is 0. The largest absolute Gasteiger partial charge is 0.474 e. The Bertz CT molecular complexity index is 2510. The van der Waals surface area contributed by atoms with E-state index in [1.807, 2.05) is 49.3 Å². The summed E-state index contributed by atoms with van der Waals surface area (Å²) in [4.78, 5) is 56.4. The first-order chi connectivity index (χ1) is 29.9. The minimum Gasteiger partial charge on any atom is -0.474 e. The molecule has 5 aliphatic heterocycles. The number of allylic oxidation sites excluding steroid dienone is 1. The fraction of sp³-hybridized carbons (Fsp3) is 0.404. The third-order valence-corrected chi connectivity index (χ3v) is 13.1. The summed E-state index contributed by atoms with van der Waals surface area (Å²) in [6.45, 7) is 16.3. The molecule has 7 heterocycles. The lowest BCUT2D eigenvalue weighted by atomic mass is 9.87. The standard InChI is InChI=1S/C47H51F2N9O4/c1-5-35(54-12-14-55(15-13-54)36-26-57(27-36)41-18-28(2)38(22-40(41)49)37-8-9-44(60)53-46(37)61)19-31-6-7-34(21-39(31)48)52-43-20-33-25-56(11-10-32(33)23-50-43)42-24-51-47-45(29(42)3)58(30(4)59)16-17-62-47/h6-7,18,20-24,36-37H,1,8-17,19,25-27H2,2-4H3,(H,50,52)(H,53,60,61). The number of pyridine rings is 2. The molecule has 0 radical (unpaired) electrons. The summed E-state index contributed by atoms with van der Waals surface area (Å²) in [5.41, 5.74) is 12.0. The van der Waals surface area contributed by atoms with E-state index in [0.717, 1.165) is 78.5 Å². The van der Waals surface area contributed by atoms with Gasteiger partial charge in [0.25, 0.3) is 0 Å². The van der Waals surface area contributed by atoms with Gasteiger partial charge in [-0.2, -0.15) is 0 Å². The molecule has 2 aromatic carbocycles. The molecule has 2 aromatic heterocycles.